The molecule has 0 saturated heterocycles. The van der Waals surface area contributed by atoms with Crippen LogP contribution in [0.15, 0.2) is 24.3 Å². The van der Waals surface area contributed by atoms with Crippen molar-refractivity contribution < 1.29 is 14.3 Å². The van der Waals surface area contributed by atoms with E-state index in [-0.39, 0.29) is 12.1 Å². The van der Waals surface area contributed by atoms with E-state index in [2.05, 4.69) is 0 Å². The zero-order chi connectivity index (χ0) is 11.8. The molecule has 1 aromatic carbocycles. The second kappa shape index (κ2) is 3.91. The molecule has 3 heteroatoms. The fraction of sp³-hybridized carbons (Fsp3) is 0.462. The van der Waals surface area contributed by atoms with Crippen molar-refractivity contribution >= 4 is 5.97 Å². The molecule has 0 bridgehead atoms. The van der Waals surface area contributed by atoms with E-state index in [1.807, 2.05) is 39.0 Å². The summed E-state index contributed by atoms with van der Waals surface area (Å²) in [5.41, 5.74) is 0.927. The summed E-state index contributed by atoms with van der Waals surface area (Å²) in [7, 11) is 0. The van der Waals surface area contributed by atoms with Crippen LogP contribution in [-0.4, -0.2) is 18.7 Å². The Morgan fingerprint density at radius 2 is 2.06 bits per heavy atom. The lowest BCUT2D eigenvalue weighted by molar-refractivity contribution is -0.0645. The first-order valence-electron chi connectivity index (χ1n) is 5.47. The third kappa shape index (κ3) is 1.83. The lowest BCUT2D eigenvalue weighted by Gasteiger charge is -2.24. The predicted octanol–water partition coefficient (Wildman–Crippen LogP) is 2.50. The van der Waals surface area contributed by atoms with Crippen molar-refractivity contribution in [2.75, 3.05) is 6.61 Å². The van der Waals surface area contributed by atoms with Crippen molar-refractivity contribution in [3.63, 3.8) is 0 Å². The second-order valence-corrected chi connectivity index (χ2v) is 4.53. The largest absolute Gasteiger partial charge is 0.448 e. The lowest BCUT2D eigenvalue weighted by atomic mass is 9.95. The van der Waals surface area contributed by atoms with Gasteiger partial charge in [0, 0.05) is 5.56 Å². The highest BCUT2D eigenvalue weighted by Crippen LogP contribution is 2.36. The second-order valence-electron chi connectivity index (χ2n) is 4.53. The quantitative estimate of drug-likeness (QED) is 0.734. The lowest BCUT2D eigenvalue weighted by Crippen LogP contribution is -2.29. The molecule has 1 aromatic rings. The molecule has 0 fully saturated rings. The smallest absolute Gasteiger partial charge is 0.339 e. The minimum Gasteiger partial charge on any atom is -0.448 e. The fourth-order valence-electron chi connectivity index (χ4n) is 1.87. The average Bonchev–Trinajstić information content (AvgIpc) is 2.51. The maximum atomic E-state index is 11.6. The van der Waals surface area contributed by atoms with Gasteiger partial charge in [0.1, 0.15) is 0 Å². The van der Waals surface area contributed by atoms with Gasteiger partial charge in [-0.3, -0.25) is 0 Å². The number of esters is 1. The SMILES string of the molecule is CC(C)OCC1(C)OC(=O)c2ccccc21. The van der Waals surface area contributed by atoms with E-state index in [1.165, 1.54) is 0 Å². The van der Waals surface area contributed by atoms with Crippen LogP contribution < -0.4 is 0 Å². The number of ether oxygens (including phenoxy) is 2. The van der Waals surface area contributed by atoms with Crippen molar-refractivity contribution in [2.45, 2.75) is 32.5 Å². The average molecular weight is 220 g/mol. The summed E-state index contributed by atoms with van der Waals surface area (Å²) < 4.78 is 11.0. The summed E-state index contributed by atoms with van der Waals surface area (Å²) in [5, 5.41) is 0. The van der Waals surface area contributed by atoms with Crippen LogP contribution in [0, 0.1) is 0 Å². The summed E-state index contributed by atoms with van der Waals surface area (Å²) in [6.45, 7) is 6.21. The molecule has 1 unspecified atom stereocenters. The first-order valence-corrected chi connectivity index (χ1v) is 5.47. The first-order chi connectivity index (χ1) is 7.53. The fourth-order valence-corrected chi connectivity index (χ4v) is 1.87. The van der Waals surface area contributed by atoms with Gasteiger partial charge in [0.05, 0.1) is 18.3 Å². The van der Waals surface area contributed by atoms with E-state index in [0.717, 1.165) is 5.56 Å². The van der Waals surface area contributed by atoms with E-state index < -0.39 is 5.60 Å². The van der Waals surface area contributed by atoms with Crippen molar-refractivity contribution in [3.8, 4) is 0 Å². The minimum absolute atomic E-state index is 0.128. The maximum Gasteiger partial charge on any atom is 0.339 e. The van der Waals surface area contributed by atoms with Crippen LogP contribution in [0.5, 0.6) is 0 Å². The number of carbonyl (C=O) groups excluding carboxylic acids is 1. The normalized spacial score (nSPS) is 23.4. The molecule has 0 N–H and O–H groups in total. The molecule has 1 aliphatic heterocycles. The van der Waals surface area contributed by atoms with Gasteiger partial charge in [-0.2, -0.15) is 0 Å². The Hall–Kier alpha value is -1.35. The van der Waals surface area contributed by atoms with Gasteiger partial charge in [-0.25, -0.2) is 4.79 Å². The van der Waals surface area contributed by atoms with Crippen LogP contribution >= 0.6 is 0 Å². The van der Waals surface area contributed by atoms with Gasteiger partial charge >= 0.3 is 5.97 Å². The van der Waals surface area contributed by atoms with E-state index in [1.54, 1.807) is 6.07 Å². The summed E-state index contributed by atoms with van der Waals surface area (Å²) in [6, 6.07) is 7.46. The number of fused-ring (bicyclic) bond motifs is 1. The van der Waals surface area contributed by atoms with Gasteiger partial charge in [-0.05, 0) is 26.8 Å². The van der Waals surface area contributed by atoms with Gasteiger partial charge < -0.3 is 9.47 Å². The number of carbonyl (C=O) groups is 1. The van der Waals surface area contributed by atoms with Crippen molar-refractivity contribution in [1.29, 1.82) is 0 Å². The third-order valence-corrected chi connectivity index (χ3v) is 2.73. The summed E-state index contributed by atoms with van der Waals surface area (Å²) >= 11 is 0. The van der Waals surface area contributed by atoms with E-state index in [0.29, 0.717) is 12.2 Å². The molecular formula is C13H16O3. The number of hydrogen-bond acceptors (Lipinski definition) is 3. The highest BCUT2D eigenvalue weighted by atomic mass is 16.6. The molecule has 2 rings (SSSR count). The predicted molar refractivity (Wildman–Crippen MR) is 60.3 cm³/mol. The molecule has 0 aliphatic carbocycles. The standard InChI is InChI=1S/C13H16O3/c1-9(2)15-8-13(3)11-7-5-4-6-10(11)12(14)16-13/h4-7,9H,8H2,1-3H3. The Morgan fingerprint density at radius 1 is 1.38 bits per heavy atom. The molecule has 16 heavy (non-hydrogen) atoms. The molecule has 0 saturated carbocycles. The Morgan fingerprint density at radius 3 is 2.75 bits per heavy atom. The van der Waals surface area contributed by atoms with Crippen LogP contribution in [0.25, 0.3) is 0 Å². The summed E-state index contributed by atoms with van der Waals surface area (Å²) in [4.78, 5) is 11.6. The van der Waals surface area contributed by atoms with Crippen LogP contribution in [-0.2, 0) is 15.1 Å². The number of rotatable bonds is 3. The molecule has 0 radical (unpaired) electrons. The van der Waals surface area contributed by atoms with Crippen molar-refractivity contribution in [1.82, 2.24) is 0 Å². The summed E-state index contributed by atoms with van der Waals surface area (Å²) in [5.74, 6) is -0.259. The number of benzene rings is 1. The van der Waals surface area contributed by atoms with Crippen molar-refractivity contribution in [3.05, 3.63) is 35.4 Å². The topological polar surface area (TPSA) is 35.5 Å². The van der Waals surface area contributed by atoms with Gasteiger partial charge in [0.25, 0.3) is 0 Å². The van der Waals surface area contributed by atoms with Crippen LogP contribution in [0.2, 0.25) is 0 Å². The highest BCUT2D eigenvalue weighted by Gasteiger charge is 2.41. The first kappa shape index (κ1) is 11.1. The Bertz CT molecular complexity index is 411. The molecular weight excluding hydrogens is 204 g/mol. The Kier molecular flexibility index (Phi) is 2.72. The van der Waals surface area contributed by atoms with Crippen molar-refractivity contribution in [2.24, 2.45) is 0 Å². The Labute approximate surface area is 95.4 Å². The zero-order valence-electron chi connectivity index (χ0n) is 9.82. The number of cyclic esters (lactones) is 1. The van der Waals surface area contributed by atoms with Gasteiger partial charge in [-0.1, -0.05) is 18.2 Å². The molecule has 86 valence electrons. The van der Waals surface area contributed by atoms with E-state index in [4.69, 9.17) is 9.47 Å². The van der Waals surface area contributed by atoms with Crippen LogP contribution in [0.3, 0.4) is 0 Å². The monoisotopic (exact) mass is 220 g/mol. The molecule has 0 amide bonds. The van der Waals surface area contributed by atoms with Crippen LogP contribution in [0.4, 0.5) is 0 Å². The molecule has 1 aliphatic rings. The maximum absolute atomic E-state index is 11.6. The molecule has 0 aromatic heterocycles. The molecule has 1 atom stereocenters. The summed E-state index contributed by atoms with van der Waals surface area (Å²) in [6.07, 6.45) is 0.128. The van der Waals surface area contributed by atoms with Gasteiger partial charge in [0.2, 0.25) is 0 Å². The molecule has 1 heterocycles. The minimum atomic E-state index is -0.641. The zero-order valence-corrected chi connectivity index (χ0v) is 9.82. The molecule has 3 nitrogen and oxygen atoms in total. The number of hydrogen-bond donors (Lipinski definition) is 0. The van der Waals surface area contributed by atoms with E-state index >= 15 is 0 Å². The Balaban J connectivity index is 2.28. The van der Waals surface area contributed by atoms with E-state index in [9.17, 15) is 4.79 Å². The highest BCUT2D eigenvalue weighted by molar-refractivity contribution is 5.94. The van der Waals surface area contributed by atoms with Crippen LogP contribution in [0.1, 0.15) is 36.7 Å². The van der Waals surface area contributed by atoms with Gasteiger partial charge in [0.15, 0.2) is 5.60 Å². The van der Waals surface area contributed by atoms with Gasteiger partial charge in [-0.15, -0.1) is 0 Å². The molecule has 0 spiro atoms. The third-order valence-electron chi connectivity index (χ3n) is 2.73.